The molecular formula is C12H19N3O2. The highest BCUT2D eigenvalue weighted by Crippen LogP contribution is 2.38. The second kappa shape index (κ2) is 4.38. The van der Waals surface area contributed by atoms with Crippen LogP contribution >= 0.6 is 0 Å². The smallest absolute Gasteiger partial charge is 0.240 e. The Balaban J connectivity index is 1.63. The fraction of sp³-hybridized carbons (Fsp3) is 0.833. The maximum absolute atomic E-state index is 5.60. The van der Waals surface area contributed by atoms with Crippen molar-refractivity contribution in [2.75, 3.05) is 13.2 Å². The molecule has 0 radical (unpaired) electrons. The Hall–Kier alpha value is -0.940. The molecule has 0 amide bonds. The molecule has 1 aliphatic heterocycles. The van der Waals surface area contributed by atoms with E-state index in [-0.39, 0.29) is 6.10 Å². The molecule has 2 fully saturated rings. The Morgan fingerprint density at radius 1 is 1.35 bits per heavy atom. The lowest BCUT2D eigenvalue weighted by molar-refractivity contribution is -0.0555. The maximum atomic E-state index is 5.60. The van der Waals surface area contributed by atoms with E-state index < -0.39 is 0 Å². The van der Waals surface area contributed by atoms with Crippen LogP contribution in [0.1, 0.15) is 44.3 Å². The van der Waals surface area contributed by atoms with Crippen LogP contribution in [0.4, 0.5) is 0 Å². The number of ether oxygens (including phenoxy) is 1. The Labute approximate surface area is 101 Å². The van der Waals surface area contributed by atoms with Gasteiger partial charge in [0.15, 0.2) is 5.82 Å². The van der Waals surface area contributed by atoms with E-state index in [0.717, 1.165) is 31.4 Å². The average Bonchev–Trinajstić information content (AvgIpc) is 3.05. The summed E-state index contributed by atoms with van der Waals surface area (Å²) < 4.78 is 10.9. The first-order chi connectivity index (χ1) is 8.22. The summed E-state index contributed by atoms with van der Waals surface area (Å²) in [6.07, 6.45) is 2.71. The molecule has 1 aromatic rings. The van der Waals surface area contributed by atoms with Gasteiger partial charge in [0.05, 0.1) is 19.3 Å². The summed E-state index contributed by atoms with van der Waals surface area (Å²) in [5, 5.41) is 4.04. The van der Waals surface area contributed by atoms with Crippen molar-refractivity contribution in [3.63, 3.8) is 0 Å². The van der Waals surface area contributed by atoms with Crippen LogP contribution in [0.2, 0.25) is 0 Å². The van der Waals surface area contributed by atoms with Gasteiger partial charge in [-0.3, -0.25) is 4.90 Å². The highest BCUT2D eigenvalue weighted by atomic mass is 16.5. The van der Waals surface area contributed by atoms with Crippen LogP contribution in [-0.2, 0) is 11.3 Å². The van der Waals surface area contributed by atoms with Gasteiger partial charge in [0, 0.05) is 18.5 Å². The summed E-state index contributed by atoms with van der Waals surface area (Å²) in [5.41, 5.74) is 0. The van der Waals surface area contributed by atoms with Gasteiger partial charge < -0.3 is 9.26 Å². The third kappa shape index (κ3) is 2.50. The van der Waals surface area contributed by atoms with Crippen molar-refractivity contribution in [1.82, 2.24) is 15.0 Å². The molecule has 17 heavy (non-hydrogen) atoms. The van der Waals surface area contributed by atoms with E-state index in [1.807, 2.05) is 0 Å². The molecule has 94 valence electrons. The van der Waals surface area contributed by atoms with Gasteiger partial charge in [0.25, 0.3) is 0 Å². The molecule has 2 heterocycles. The number of morpholine rings is 1. The summed E-state index contributed by atoms with van der Waals surface area (Å²) in [4.78, 5) is 6.81. The van der Waals surface area contributed by atoms with Crippen LogP contribution in [-0.4, -0.2) is 40.3 Å². The van der Waals surface area contributed by atoms with Crippen molar-refractivity contribution in [3.8, 4) is 0 Å². The van der Waals surface area contributed by atoms with Crippen molar-refractivity contribution >= 4 is 0 Å². The van der Waals surface area contributed by atoms with E-state index in [9.17, 15) is 0 Å². The monoisotopic (exact) mass is 237 g/mol. The number of hydrogen-bond acceptors (Lipinski definition) is 5. The standard InChI is InChI=1S/C12H19N3O2/c1-8-7-16-9(2)5-15(8)6-11-13-12(14-17-11)10-3-4-10/h8-10H,3-7H2,1-2H3/t8-,9-/m0/s1. The van der Waals surface area contributed by atoms with E-state index in [1.54, 1.807) is 0 Å². The molecule has 0 aromatic carbocycles. The Morgan fingerprint density at radius 2 is 2.18 bits per heavy atom. The summed E-state index contributed by atoms with van der Waals surface area (Å²) in [5.74, 6) is 2.20. The van der Waals surface area contributed by atoms with Crippen molar-refractivity contribution in [2.24, 2.45) is 0 Å². The molecule has 2 aliphatic rings. The fourth-order valence-electron chi connectivity index (χ4n) is 2.21. The molecule has 0 spiro atoms. The molecule has 1 saturated carbocycles. The van der Waals surface area contributed by atoms with Crippen molar-refractivity contribution < 1.29 is 9.26 Å². The molecule has 1 aromatic heterocycles. The second-order valence-electron chi connectivity index (χ2n) is 5.24. The Morgan fingerprint density at radius 3 is 2.94 bits per heavy atom. The number of aromatic nitrogens is 2. The third-order valence-electron chi connectivity index (χ3n) is 3.50. The number of nitrogens with zero attached hydrogens (tertiary/aromatic N) is 3. The quantitative estimate of drug-likeness (QED) is 0.798. The van der Waals surface area contributed by atoms with E-state index >= 15 is 0 Å². The summed E-state index contributed by atoms with van der Waals surface area (Å²) >= 11 is 0. The highest BCUT2D eigenvalue weighted by molar-refractivity contribution is 5.03. The normalized spacial score (nSPS) is 30.7. The minimum absolute atomic E-state index is 0.289. The van der Waals surface area contributed by atoms with E-state index in [0.29, 0.717) is 12.0 Å². The molecule has 5 heteroatoms. The Kier molecular flexibility index (Phi) is 2.88. The predicted molar refractivity (Wildman–Crippen MR) is 61.6 cm³/mol. The van der Waals surface area contributed by atoms with E-state index in [4.69, 9.17) is 9.26 Å². The molecule has 1 saturated heterocycles. The zero-order valence-corrected chi connectivity index (χ0v) is 10.4. The molecule has 0 unspecified atom stereocenters. The fourth-order valence-corrected chi connectivity index (χ4v) is 2.21. The average molecular weight is 237 g/mol. The van der Waals surface area contributed by atoms with E-state index in [2.05, 4.69) is 28.9 Å². The van der Waals surface area contributed by atoms with Crippen LogP contribution < -0.4 is 0 Å². The lowest BCUT2D eigenvalue weighted by Crippen LogP contribution is -2.46. The van der Waals surface area contributed by atoms with Crippen molar-refractivity contribution in [3.05, 3.63) is 11.7 Å². The van der Waals surface area contributed by atoms with Crippen LogP contribution in [0.3, 0.4) is 0 Å². The van der Waals surface area contributed by atoms with Gasteiger partial charge in [-0.2, -0.15) is 4.98 Å². The number of hydrogen-bond donors (Lipinski definition) is 0. The summed E-state index contributed by atoms with van der Waals surface area (Å²) in [6.45, 7) is 6.73. The first-order valence-corrected chi connectivity index (χ1v) is 6.40. The molecule has 5 nitrogen and oxygen atoms in total. The van der Waals surface area contributed by atoms with Gasteiger partial charge in [-0.15, -0.1) is 0 Å². The van der Waals surface area contributed by atoms with Crippen LogP contribution in [0.5, 0.6) is 0 Å². The second-order valence-corrected chi connectivity index (χ2v) is 5.24. The number of rotatable bonds is 3. The van der Waals surface area contributed by atoms with Crippen molar-refractivity contribution in [2.45, 2.75) is 51.3 Å². The lowest BCUT2D eigenvalue weighted by Gasteiger charge is -2.35. The molecule has 3 rings (SSSR count). The van der Waals surface area contributed by atoms with Gasteiger partial charge in [0.2, 0.25) is 5.89 Å². The predicted octanol–water partition coefficient (Wildman–Crippen LogP) is 1.56. The van der Waals surface area contributed by atoms with Gasteiger partial charge >= 0.3 is 0 Å². The minimum atomic E-state index is 0.289. The van der Waals surface area contributed by atoms with Crippen LogP contribution in [0, 0.1) is 0 Å². The zero-order valence-electron chi connectivity index (χ0n) is 10.4. The van der Waals surface area contributed by atoms with Gasteiger partial charge in [-0.25, -0.2) is 0 Å². The first-order valence-electron chi connectivity index (χ1n) is 6.40. The Bertz CT molecular complexity index is 389. The zero-order chi connectivity index (χ0) is 11.8. The maximum Gasteiger partial charge on any atom is 0.240 e. The SMILES string of the molecule is C[C@H]1CN(Cc2nc(C3CC3)no2)[C@@H](C)CO1. The largest absolute Gasteiger partial charge is 0.376 e. The first kappa shape index (κ1) is 11.2. The van der Waals surface area contributed by atoms with Gasteiger partial charge in [-0.1, -0.05) is 5.16 Å². The third-order valence-corrected chi connectivity index (χ3v) is 3.50. The molecule has 0 N–H and O–H groups in total. The molecular weight excluding hydrogens is 218 g/mol. The summed E-state index contributed by atoms with van der Waals surface area (Å²) in [7, 11) is 0. The minimum Gasteiger partial charge on any atom is -0.376 e. The van der Waals surface area contributed by atoms with E-state index in [1.165, 1.54) is 12.8 Å². The molecule has 0 bridgehead atoms. The topological polar surface area (TPSA) is 51.4 Å². The van der Waals surface area contributed by atoms with Crippen LogP contribution in [0.15, 0.2) is 4.52 Å². The van der Waals surface area contributed by atoms with Crippen molar-refractivity contribution in [1.29, 1.82) is 0 Å². The van der Waals surface area contributed by atoms with Gasteiger partial charge in [0.1, 0.15) is 0 Å². The summed E-state index contributed by atoms with van der Waals surface area (Å²) in [6, 6.07) is 0.419. The highest BCUT2D eigenvalue weighted by Gasteiger charge is 2.30. The van der Waals surface area contributed by atoms with Gasteiger partial charge in [-0.05, 0) is 26.7 Å². The molecule has 2 atom stereocenters. The molecule has 1 aliphatic carbocycles. The van der Waals surface area contributed by atoms with Crippen LogP contribution in [0.25, 0.3) is 0 Å². The lowest BCUT2D eigenvalue weighted by atomic mass is 10.2.